The van der Waals surface area contributed by atoms with Gasteiger partial charge in [-0.2, -0.15) is 0 Å². The quantitative estimate of drug-likeness (QED) is 0.370. The van der Waals surface area contributed by atoms with E-state index in [0.29, 0.717) is 35.4 Å². The molecule has 6 rings (SSSR count). The topological polar surface area (TPSA) is 137 Å². The number of nitrogen functional groups attached to an aromatic ring is 1. The normalized spacial score (nSPS) is 16.2. The molecule has 0 bridgehead atoms. The molecule has 4 aromatic rings. The third-order valence-corrected chi connectivity index (χ3v) is 7.40. The first-order valence-corrected chi connectivity index (χ1v) is 13.0. The zero-order chi connectivity index (χ0) is 25.7. The van der Waals surface area contributed by atoms with E-state index in [2.05, 4.69) is 50.2 Å². The van der Waals surface area contributed by atoms with Crippen molar-refractivity contribution >= 4 is 22.9 Å². The average molecular weight is 498 g/mol. The van der Waals surface area contributed by atoms with Crippen LogP contribution in [0.5, 0.6) is 0 Å². The van der Waals surface area contributed by atoms with E-state index in [0.717, 1.165) is 54.7 Å². The molecular formula is C27H31N9O. The van der Waals surface area contributed by atoms with Gasteiger partial charge in [0.2, 0.25) is 5.95 Å². The highest BCUT2D eigenvalue weighted by Crippen LogP contribution is 2.44. The van der Waals surface area contributed by atoms with Crippen LogP contribution in [0.4, 0.5) is 11.8 Å². The van der Waals surface area contributed by atoms with Crippen LogP contribution < -0.4 is 16.6 Å². The largest absolute Gasteiger partial charge is 0.368 e. The van der Waals surface area contributed by atoms with Crippen LogP contribution in [0.1, 0.15) is 74.1 Å². The van der Waals surface area contributed by atoms with E-state index >= 15 is 0 Å². The summed E-state index contributed by atoms with van der Waals surface area (Å²) in [6.07, 6.45) is 8.82. The fraction of sp³-hybridized carbons (Fsp3) is 0.444. The van der Waals surface area contributed by atoms with E-state index in [4.69, 9.17) is 10.7 Å². The van der Waals surface area contributed by atoms with Crippen molar-refractivity contribution in [3.63, 3.8) is 0 Å². The minimum atomic E-state index is -0.186. The molecule has 2 aliphatic rings. The first-order chi connectivity index (χ1) is 17.9. The summed E-state index contributed by atoms with van der Waals surface area (Å²) in [5, 5.41) is 3.21. The molecule has 3 N–H and O–H groups in total. The Hall–Kier alpha value is -3.95. The minimum absolute atomic E-state index is 0.00469. The van der Waals surface area contributed by atoms with Crippen molar-refractivity contribution in [3.05, 3.63) is 57.5 Å². The molecule has 10 nitrogen and oxygen atoms in total. The molecule has 2 fully saturated rings. The van der Waals surface area contributed by atoms with Crippen LogP contribution in [-0.2, 0) is 13.0 Å². The van der Waals surface area contributed by atoms with Gasteiger partial charge in [-0.3, -0.25) is 14.3 Å². The Bertz CT molecular complexity index is 1540. The van der Waals surface area contributed by atoms with Gasteiger partial charge in [-0.1, -0.05) is 13.0 Å². The van der Waals surface area contributed by atoms with Crippen LogP contribution in [0.2, 0.25) is 0 Å². The van der Waals surface area contributed by atoms with Crippen molar-refractivity contribution in [2.24, 2.45) is 5.92 Å². The van der Waals surface area contributed by atoms with E-state index in [1.165, 1.54) is 5.56 Å². The fourth-order valence-electron chi connectivity index (χ4n) is 4.89. The standard InChI is InChI=1S/C27H31N9O/c1-4-16-5-10-19(29-11-16)12-30-24-26(37)36(15(3)17-6-7-17)25-20(33-24)13-31-23(35-25)21-14(2)32-27(28)34-22(21)18-8-9-18/h5,10-11,13,15,17-18H,4,6-9,12H2,1-3H3,(H,30,33)(H2,28,32,34)/t15-/m0/s1. The predicted octanol–water partition coefficient (Wildman–Crippen LogP) is 3.95. The van der Waals surface area contributed by atoms with Gasteiger partial charge in [-0.15, -0.1) is 0 Å². The van der Waals surface area contributed by atoms with E-state index in [-0.39, 0.29) is 23.4 Å². The maximum Gasteiger partial charge on any atom is 0.295 e. The highest BCUT2D eigenvalue weighted by molar-refractivity contribution is 5.75. The SMILES string of the molecule is CCc1ccc(CNc2nc3cnc(-c4c(C)nc(N)nc4C4CC4)nc3n([C@@H](C)C3CC3)c2=O)nc1. The summed E-state index contributed by atoms with van der Waals surface area (Å²) in [5.41, 5.74) is 11.3. The van der Waals surface area contributed by atoms with Crippen molar-refractivity contribution in [1.82, 2.24) is 34.5 Å². The molecule has 0 radical (unpaired) electrons. The maximum absolute atomic E-state index is 13.7. The fourth-order valence-corrected chi connectivity index (χ4v) is 4.89. The lowest BCUT2D eigenvalue weighted by atomic mass is 10.1. The van der Waals surface area contributed by atoms with E-state index < -0.39 is 0 Å². The number of nitrogens with one attached hydrogen (secondary N) is 1. The Labute approximate surface area is 214 Å². The summed E-state index contributed by atoms with van der Waals surface area (Å²) >= 11 is 0. The van der Waals surface area contributed by atoms with Gasteiger partial charge in [-0.05, 0) is 63.5 Å². The summed E-state index contributed by atoms with van der Waals surface area (Å²) in [6.45, 7) is 6.49. The molecular weight excluding hydrogens is 466 g/mol. The van der Waals surface area contributed by atoms with E-state index in [1.54, 1.807) is 10.8 Å². The van der Waals surface area contributed by atoms with Crippen LogP contribution in [-0.4, -0.2) is 34.5 Å². The highest BCUT2D eigenvalue weighted by atomic mass is 16.1. The van der Waals surface area contributed by atoms with Crippen LogP contribution in [0.25, 0.3) is 22.6 Å². The lowest BCUT2D eigenvalue weighted by Gasteiger charge is -2.19. The maximum atomic E-state index is 13.7. The summed E-state index contributed by atoms with van der Waals surface area (Å²) in [5.74, 6) is 1.84. The predicted molar refractivity (Wildman–Crippen MR) is 142 cm³/mol. The molecule has 0 unspecified atom stereocenters. The first kappa shape index (κ1) is 23.4. The molecule has 190 valence electrons. The van der Waals surface area contributed by atoms with Crippen LogP contribution in [0, 0.1) is 12.8 Å². The molecule has 10 heteroatoms. The van der Waals surface area contributed by atoms with Crippen molar-refractivity contribution in [1.29, 1.82) is 0 Å². The van der Waals surface area contributed by atoms with Gasteiger partial charge in [0.1, 0.15) is 5.52 Å². The Morgan fingerprint density at radius 3 is 2.57 bits per heavy atom. The third-order valence-electron chi connectivity index (χ3n) is 7.40. The van der Waals surface area contributed by atoms with Crippen molar-refractivity contribution < 1.29 is 0 Å². The van der Waals surface area contributed by atoms with Crippen molar-refractivity contribution in [3.8, 4) is 11.4 Å². The smallest absolute Gasteiger partial charge is 0.295 e. The Morgan fingerprint density at radius 2 is 1.89 bits per heavy atom. The Balaban J connectivity index is 1.44. The van der Waals surface area contributed by atoms with Crippen LogP contribution in [0.15, 0.2) is 29.3 Å². The second-order valence-electron chi connectivity index (χ2n) is 10.2. The lowest BCUT2D eigenvalue weighted by Crippen LogP contribution is -2.29. The second-order valence-corrected chi connectivity index (χ2v) is 10.2. The molecule has 37 heavy (non-hydrogen) atoms. The monoisotopic (exact) mass is 497 g/mol. The first-order valence-electron chi connectivity index (χ1n) is 13.0. The Morgan fingerprint density at radius 1 is 1.08 bits per heavy atom. The number of aryl methyl sites for hydroxylation is 2. The molecule has 1 atom stereocenters. The lowest BCUT2D eigenvalue weighted by molar-refractivity contribution is 0.482. The number of pyridine rings is 1. The van der Waals surface area contributed by atoms with Gasteiger partial charge in [0.05, 0.1) is 35.4 Å². The van der Waals surface area contributed by atoms with Crippen molar-refractivity contribution in [2.45, 2.75) is 71.4 Å². The molecule has 4 heterocycles. The molecule has 2 aliphatic carbocycles. The molecule has 0 saturated heterocycles. The van der Waals surface area contributed by atoms with Gasteiger partial charge in [0, 0.05) is 18.2 Å². The van der Waals surface area contributed by atoms with Gasteiger partial charge in [0.25, 0.3) is 5.56 Å². The van der Waals surface area contributed by atoms with Gasteiger partial charge in [-0.25, -0.2) is 24.9 Å². The number of fused-ring (bicyclic) bond motifs is 1. The summed E-state index contributed by atoms with van der Waals surface area (Å²) in [6, 6.07) is 4.02. The molecule has 0 amide bonds. The van der Waals surface area contributed by atoms with Gasteiger partial charge >= 0.3 is 0 Å². The Kier molecular flexibility index (Phi) is 5.81. The number of aromatic nitrogens is 7. The molecule has 0 aliphatic heterocycles. The number of nitrogens with zero attached hydrogens (tertiary/aromatic N) is 7. The number of hydrogen-bond donors (Lipinski definition) is 2. The molecule has 0 spiro atoms. The zero-order valence-electron chi connectivity index (χ0n) is 21.4. The van der Waals surface area contributed by atoms with E-state index in [1.807, 2.05) is 19.2 Å². The number of rotatable bonds is 8. The summed E-state index contributed by atoms with van der Waals surface area (Å²) < 4.78 is 1.78. The van der Waals surface area contributed by atoms with Crippen molar-refractivity contribution in [2.75, 3.05) is 11.1 Å². The minimum Gasteiger partial charge on any atom is -0.368 e. The summed E-state index contributed by atoms with van der Waals surface area (Å²) in [7, 11) is 0. The molecule has 4 aromatic heterocycles. The number of hydrogen-bond acceptors (Lipinski definition) is 9. The van der Waals surface area contributed by atoms with E-state index in [9.17, 15) is 4.79 Å². The average Bonchev–Trinajstić information content (AvgIpc) is 3.80. The highest BCUT2D eigenvalue weighted by Gasteiger charge is 2.33. The number of anilines is 2. The molecule has 0 aromatic carbocycles. The van der Waals surface area contributed by atoms with Crippen LogP contribution >= 0.6 is 0 Å². The second kappa shape index (κ2) is 9.17. The van der Waals surface area contributed by atoms with Gasteiger partial charge < -0.3 is 11.1 Å². The van der Waals surface area contributed by atoms with Crippen LogP contribution in [0.3, 0.4) is 0 Å². The zero-order valence-corrected chi connectivity index (χ0v) is 21.4. The third kappa shape index (κ3) is 4.52. The summed E-state index contributed by atoms with van der Waals surface area (Å²) in [4.78, 5) is 41.3. The van der Waals surface area contributed by atoms with Gasteiger partial charge in [0.15, 0.2) is 17.3 Å². The molecule has 2 saturated carbocycles. The number of nitrogens with two attached hydrogens (primary N) is 1.